The molecule has 216 valence electrons. The Kier molecular flexibility index (Phi) is 30.1. The predicted octanol–water partition coefficient (Wildman–Crippen LogP) is 9.49. The van der Waals surface area contributed by atoms with E-state index in [0.717, 1.165) is 19.6 Å². The van der Waals surface area contributed by atoms with Crippen LogP contribution in [0.25, 0.3) is 0 Å². The van der Waals surface area contributed by atoms with E-state index in [1.807, 2.05) is 0 Å². The van der Waals surface area contributed by atoms with Gasteiger partial charge in [-0.3, -0.25) is 4.79 Å². The van der Waals surface area contributed by atoms with Crippen LogP contribution in [0.3, 0.4) is 0 Å². The van der Waals surface area contributed by atoms with Gasteiger partial charge in [-0.15, -0.1) is 0 Å². The number of nitrogens with zero attached hydrogens (tertiary/aromatic N) is 1. The van der Waals surface area contributed by atoms with Crippen LogP contribution < -0.4 is 0 Å². The predicted molar refractivity (Wildman–Crippen MR) is 157 cm³/mol. The Bertz CT molecular complexity index is 430. The van der Waals surface area contributed by atoms with E-state index in [4.69, 9.17) is 9.47 Å². The lowest BCUT2D eigenvalue weighted by Crippen LogP contribution is -2.29. The molecular formula is C32H65NO3. The van der Waals surface area contributed by atoms with Gasteiger partial charge in [-0.25, -0.2) is 0 Å². The molecule has 0 aliphatic carbocycles. The highest BCUT2D eigenvalue weighted by Crippen LogP contribution is 2.13. The van der Waals surface area contributed by atoms with Gasteiger partial charge in [-0.2, -0.15) is 0 Å². The molecule has 0 unspecified atom stereocenters. The minimum absolute atomic E-state index is 0.0881. The summed E-state index contributed by atoms with van der Waals surface area (Å²) in [5.74, 6) is -0.0881. The number of carbonyl (C=O) groups excluding carboxylic acids is 1. The smallest absolute Gasteiger partial charge is 0.307 e. The Balaban J connectivity index is 3.91. The van der Waals surface area contributed by atoms with Crippen LogP contribution in [0.2, 0.25) is 0 Å². The van der Waals surface area contributed by atoms with Crippen LogP contribution in [-0.4, -0.2) is 50.8 Å². The molecule has 0 spiro atoms. The zero-order chi connectivity index (χ0) is 26.4. The van der Waals surface area contributed by atoms with Crippen LogP contribution in [0.5, 0.6) is 0 Å². The van der Waals surface area contributed by atoms with Crippen LogP contribution in [0.4, 0.5) is 0 Å². The normalized spacial score (nSPS) is 11.4. The molecule has 0 amide bonds. The zero-order valence-electron chi connectivity index (χ0n) is 25.0. The Morgan fingerprint density at radius 2 is 0.861 bits per heavy atom. The van der Waals surface area contributed by atoms with Gasteiger partial charge in [-0.05, 0) is 25.9 Å². The minimum atomic E-state index is -0.0881. The first-order valence-corrected chi connectivity index (χ1v) is 16.1. The second-order valence-electron chi connectivity index (χ2n) is 10.9. The van der Waals surface area contributed by atoms with Crippen molar-refractivity contribution in [3.63, 3.8) is 0 Å². The highest BCUT2D eigenvalue weighted by molar-refractivity contribution is 5.69. The van der Waals surface area contributed by atoms with Crippen molar-refractivity contribution >= 4 is 5.97 Å². The lowest BCUT2D eigenvalue weighted by Gasteiger charge is -2.22. The first kappa shape index (κ1) is 35.4. The quantitative estimate of drug-likeness (QED) is 0.0711. The van der Waals surface area contributed by atoms with Crippen LogP contribution in [0.15, 0.2) is 0 Å². The van der Waals surface area contributed by atoms with Gasteiger partial charge in [0.1, 0.15) is 6.61 Å². The molecule has 0 aromatic carbocycles. The van der Waals surface area contributed by atoms with Crippen molar-refractivity contribution in [3.05, 3.63) is 0 Å². The summed E-state index contributed by atoms with van der Waals surface area (Å²) in [5, 5.41) is 0. The molecule has 0 aliphatic heterocycles. The molecule has 0 N–H and O–H groups in total. The minimum Gasteiger partial charge on any atom is -0.463 e. The highest BCUT2D eigenvalue weighted by Gasteiger charge is 2.09. The molecule has 0 bridgehead atoms. The average Bonchev–Trinajstić information content (AvgIpc) is 2.88. The van der Waals surface area contributed by atoms with Gasteiger partial charge in [0.2, 0.25) is 0 Å². The third-order valence-corrected chi connectivity index (χ3v) is 7.34. The Morgan fingerprint density at radius 3 is 1.22 bits per heavy atom. The van der Waals surface area contributed by atoms with Gasteiger partial charge in [0.05, 0.1) is 13.0 Å². The molecule has 0 rings (SSSR count). The Hall–Kier alpha value is -0.610. The van der Waals surface area contributed by atoms with Crippen LogP contribution >= 0.6 is 0 Å². The summed E-state index contributed by atoms with van der Waals surface area (Å²) in [6.07, 6.45) is 30.8. The van der Waals surface area contributed by atoms with Crippen molar-refractivity contribution in [3.8, 4) is 0 Å². The Labute approximate surface area is 226 Å². The largest absolute Gasteiger partial charge is 0.463 e. The highest BCUT2D eigenvalue weighted by atomic mass is 16.6. The van der Waals surface area contributed by atoms with Crippen LogP contribution in [-0.2, 0) is 14.3 Å². The number of hydrogen-bond acceptors (Lipinski definition) is 4. The van der Waals surface area contributed by atoms with Gasteiger partial charge in [-0.1, -0.05) is 142 Å². The number of carbonyl (C=O) groups is 1. The fourth-order valence-electron chi connectivity index (χ4n) is 4.90. The molecule has 0 atom stereocenters. The van der Waals surface area contributed by atoms with E-state index in [9.17, 15) is 4.79 Å². The summed E-state index contributed by atoms with van der Waals surface area (Å²) in [6, 6.07) is 0. The van der Waals surface area contributed by atoms with Gasteiger partial charge in [0.15, 0.2) is 0 Å². The number of rotatable bonds is 30. The molecule has 0 saturated heterocycles. The summed E-state index contributed by atoms with van der Waals surface area (Å²) in [6.45, 7) is 8.50. The van der Waals surface area contributed by atoms with Gasteiger partial charge < -0.3 is 14.4 Å². The first-order chi connectivity index (χ1) is 17.7. The second-order valence-corrected chi connectivity index (χ2v) is 10.9. The number of methoxy groups -OCH3 is 1. The fourth-order valence-corrected chi connectivity index (χ4v) is 4.90. The van der Waals surface area contributed by atoms with Crippen molar-refractivity contribution in [1.82, 2.24) is 4.90 Å². The van der Waals surface area contributed by atoms with E-state index in [1.165, 1.54) is 141 Å². The molecule has 0 fully saturated rings. The lowest BCUT2D eigenvalue weighted by atomic mass is 10.0. The maximum Gasteiger partial charge on any atom is 0.307 e. The third-order valence-electron chi connectivity index (χ3n) is 7.34. The lowest BCUT2D eigenvalue weighted by molar-refractivity contribution is -0.145. The van der Waals surface area contributed by atoms with E-state index in [-0.39, 0.29) is 5.97 Å². The molecule has 0 saturated carbocycles. The van der Waals surface area contributed by atoms with E-state index in [0.29, 0.717) is 19.6 Å². The van der Waals surface area contributed by atoms with Crippen molar-refractivity contribution in [1.29, 1.82) is 0 Å². The standard InChI is InChI=1S/C32H65NO3/c1-4-6-8-10-12-14-16-17-19-21-23-25-28-33(29-26-32(34)36-31-30-35-3)27-24-22-20-18-15-13-11-9-7-5-2/h4-31H2,1-3H3. The SMILES string of the molecule is CCCCCCCCCCCCCCN(CCCCCCCCCCCC)CCC(=O)OCCOC. The van der Waals surface area contributed by atoms with Crippen LogP contribution in [0, 0.1) is 0 Å². The van der Waals surface area contributed by atoms with Gasteiger partial charge >= 0.3 is 5.97 Å². The molecule has 0 aliphatic rings. The average molecular weight is 512 g/mol. The molecule has 0 aromatic rings. The van der Waals surface area contributed by atoms with Crippen molar-refractivity contribution in [2.24, 2.45) is 0 Å². The number of esters is 1. The number of ether oxygens (including phenoxy) is 2. The van der Waals surface area contributed by atoms with E-state index < -0.39 is 0 Å². The van der Waals surface area contributed by atoms with E-state index in [2.05, 4.69) is 18.7 Å². The topological polar surface area (TPSA) is 38.8 Å². The molecule has 4 nitrogen and oxygen atoms in total. The Morgan fingerprint density at radius 1 is 0.500 bits per heavy atom. The van der Waals surface area contributed by atoms with Gasteiger partial charge in [0, 0.05) is 13.7 Å². The summed E-state index contributed by atoms with van der Waals surface area (Å²) in [7, 11) is 1.64. The number of hydrogen-bond donors (Lipinski definition) is 0. The molecule has 0 heterocycles. The van der Waals surface area contributed by atoms with Crippen molar-refractivity contribution < 1.29 is 14.3 Å². The monoisotopic (exact) mass is 511 g/mol. The summed E-state index contributed by atoms with van der Waals surface area (Å²) in [5.41, 5.74) is 0. The molecular weight excluding hydrogens is 446 g/mol. The first-order valence-electron chi connectivity index (χ1n) is 16.1. The molecule has 0 radical (unpaired) electrons. The zero-order valence-corrected chi connectivity index (χ0v) is 25.0. The second kappa shape index (κ2) is 30.6. The summed E-state index contributed by atoms with van der Waals surface area (Å²) < 4.78 is 10.2. The maximum absolute atomic E-state index is 12.0. The molecule has 36 heavy (non-hydrogen) atoms. The van der Waals surface area contributed by atoms with Gasteiger partial charge in [0.25, 0.3) is 0 Å². The third kappa shape index (κ3) is 28.0. The van der Waals surface area contributed by atoms with E-state index >= 15 is 0 Å². The summed E-state index contributed by atoms with van der Waals surface area (Å²) >= 11 is 0. The molecule has 4 heteroatoms. The fraction of sp³-hybridized carbons (Fsp3) is 0.969. The van der Waals surface area contributed by atoms with E-state index in [1.54, 1.807) is 7.11 Å². The van der Waals surface area contributed by atoms with Crippen molar-refractivity contribution in [2.75, 3.05) is 40.0 Å². The maximum atomic E-state index is 12.0. The number of unbranched alkanes of at least 4 members (excludes halogenated alkanes) is 20. The molecule has 0 aromatic heterocycles. The summed E-state index contributed by atoms with van der Waals surface area (Å²) in [4.78, 5) is 14.5. The van der Waals surface area contributed by atoms with Crippen LogP contribution in [0.1, 0.15) is 162 Å². The van der Waals surface area contributed by atoms with Crippen molar-refractivity contribution in [2.45, 2.75) is 162 Å².